The zero-order chi connectivity index (χ0) is 13.0. The first-order chi connectivity index (χ1) is 8.74. The van der Waals surface area contributed by atoms with Crippen LogP contribution in [0.15, 0.2) is 29.6 Å². The Kier molecular flexibility index (Phi) is 4.30. The van der Waals surface area contributed by atoms with Gasteiger partial charge in [-0.05, 0) is 31.2 Å². The summed E-state index contributed by atoms with van der Waals surface area (Å²) in [7, 11) is 0. The minimum Gasteiger partial charge on any atom is -0.494 e. The van der Waals surface area contributed by atoms with Gasteiger partial charge < -0.3 is 15.6 Å². The fraction of sp³-hybridized carbons (Fsp3) is 0.308. The lowest BCUT2D eigenvalue weighted by atomic mass is 10.2. The average Bonchev–Trinajstić information content (AvgIpc) is 2.89. The molecule has 1 heterocycles. The zero-order valence-electron chi connectivity index (χ0n) is 10.2. The molecule has 0 fully saturated rings. The Morgan fingerprint density at radius 1 is 1.39 bits per heavy atom. The van der Waals surface area contributed by atoms with Gasteiger partial charge in [0.25, 0.3) is 0 Å². The number of aliphatic hydroxyl groups excluding tert-OH is 1. The number of ether oxygens (including phenoxy) is 1. The highest BCUT2D eigenvalue weighted by atomic mass is 32.1. The van der Waals surface area contributed by atoms with Crippen LogP contribution in [0.5, 0.6) is 5.75 Å². The van der Waals surface area contributed by atoms with Crippen molar-refractivity contribution < 1.29 is 9.84 Å². The standard InChI is InChI=1S/C13H16N2O2S/c1-2-17-10-5-3-9(4-6-10)12-8-18-13(15-12)11(14)7-16/h3-6,8,11,16H,2,7,14H2,1H3. The fourth-order valence-corrected chi connectivity index (χ4v) is 2.38. The maximum atomic E-state index is 8.99. The molecule has 1 atom stereocenters. The van der Waals surface area contributed by atoms with Crippen LogP contribution in [0.3, 0.4) is 0 Å². The third-order valence-electron chi connectivity index (χ3n) is 2.50. The number of rotatable bonds is 5. The predicted molar refractivity (Wildman–Crippen MR) is 72.7 cm³/mol. The van der Waals surface area contributed by atoms with E-state index in [1.165, 1.54) is 11.3 Å². The van der Waals surface area contributed by atoms with Crippen LogP contribution >= 0.6 is 11.3 Å². The molecule has 0 saturated carbocycles. The molecule has 1 aromatic heterocycles. The lowest BCUT2D eigenvalue weighted by Crippen LogP contribution is -2.13. The van der Waals surface area contributed by atoms with Gasteiger partial charge in [-0.1, -0.05) is 0 Å². The first kappa shape index (κ1) is 13.0. The van der Waals surface area contributed by atoms with Crippen LogP contribution in [0.25, 0.3) is 11.3 Å². The number of hydrogen-bond donors (Lipinski definition) is 2. The molecule has 0 aliphatic carbocycles. The Bertz CT molecular complexity index is 496. The number of thiazole rings is 1. The number of nitrogens with two attached hydrogens (primary N) is 1. The maximum absolute atomic E-state index is 8.99. The van der Waals surface area contributed by atoms with Crippen LogP contribution in [0.4, 0.5) is 0 Å². The van der Waals surface area contributed by atoms with Gasteiger partial charge in [-0.3, -0.25) is 0 Å². The molecule has 0 aliphatic rings. The highest BCUT2D eigenvalue weighted by molar-refractivity contribution is 7.10. The largest absolute Gasteiger partial charge is 0.494 e. The monoisotopic (exact) mass is 264 g/mol. The Balaban J connectivity index is 2.18. The van der Waals surface area contributed by atoms with Crippen LogP contribution in [0.1, 0.15) is 18.0 Å². The minimum atomic E-state index is -0.397. The second kappa shape index (κ2) is 5.95. The van der Waals surface area contributed by atoms with Crippen LogP contribution in [0, 0.1) is 0 Å². The first-order valence-electron chi connectivity index (χ1n) is 5.79. The summed E-state index contributed by atoms with van der Waals surface area (Å²) in [5.41, 5.74) is 7.62. The Hall–Kier alpha value is -1.43. The molecule has 0 spiro atoms. The summed E-state index contributed by atoms with van der Waals surface area (Å²) in [4.78, 5) is 4.42. The molecule has 5 heteroatoms. The first-order valence-corrected chi connectivity index (χ1v) is 6.67. The van der Waals surface area contributed by atoms with Crippen molar-refractivity contribution in [3.8, 4) is 17.0 Å². The normalized spacial score (nSPS) is 12.4. The summed E-state index contributed by atoms with van der Waals surface area (Å²) < 4.78 is 5.39. The minimum absolute atomic E-state index is 0.0871. The third kappa shape index (κ3) is 2.87. The summed E-state index contributed by atoms with van der Waals surface area (Å²) in [6.07, 6.45) is 0. The van der Waals surface area contributed by atoms with Crippen LogP contribution in [-0.2, 0) is 0 Å². The Labute approximate surface area is 110 Å². The molecule has 0 radical (unpaired) electrons. The van der Waals surface area contributed by atoms with Gasteiger partial charge in [0.15, 0.2) is 0 Å². The molecule has 0 aliphatic heterocycles. The third-order valence-corrected chi connectivity index (χ3v) is 3.47. The summed E-state index contributed by atoms with van der Waals surface area (Å²) in [6.45, 7) is 2.53. The van der Waals surface area contributed by atoms with E-state index in [1.54, 1.807) is 0 Å². The van der Waals surface area contributed by atoms with E-state index in [4.69, 9.17) is 15.6 Å². The van der Waals surface area contributed by atoms with Gasteiger partial charge in [0.05, 0.1) is 24.9 Å². The van der Waals surface area contributed by atoms with Gasteiger partial charge >= 0.3 is 0 Å². The fourth-order valence-electron chi connectivity index (χ4n) is 1.56. The van der Waals surface area contributed by atoms with Crippen molar-refractivity contribution in [1.82, 2.24) is 4.98 Å². The lowest BCUT2D eigenvalue weighted by molar-refractivity contribution is 0.268. The summed E-state index contributed by atoms with van der Waals surface area (Å²) in [5.74, 6) is 0.851. The molecule has 2 rings (SSSR count). The molecule has 1 aromatic carbocycles. The van der Waals surface area contributed by atoms with E-state index in [2.05, 4.69) is 4.98 Å². The molecular formula is C13H16N2O2S. The topological polar surface area (TPSA) is 68.4 Å². The van der Waals surface area contributed by atoms with Crippen molar-refractivity contribution in [3.05, 3.63) is 34.7 Å². The number of nitrogens with zero attached hydrogens (tertiary/aromatic N) is 1. The van der Waals surface area contributed by atoms with E-state index in [-0.39, 0.29) is 6.61 Å². The van der Waals surface area contributed by atoms with Crippen molar-refractivity contribution in [1.29, 1.82) is 0 Å². The Morgan fingerprint density at radius 3 is 2.72 bits per heavy atom. The second-order valence-electron chi connectivity index (χ2n) is 3.82. The molecular weight excluding hydrogens is 248 g/mol. The average molecular weight is 264 g/mol. The maximum Gasteiger partial charge on any atom is 0.119 e. The zero-order valence-corrected chi connectivity index (χ0v) is 11.0. The number of aliphatic hydroxyl groups is 1. The summed E-state index contributed by atoms with van der Waals surface area (Å²) >= 11 is 1.46. The molecule has 0 amide bonds. The summed E-state index contributed by atoms with van der Waals surface area (Å²) in [6, 6.07) is 7.38. The number of benzene rings is 1. The van der Waals surface area contributed by atoms with Gasteiger partial charge in [-0.25, -0.2) is 4.98 Å². The van der Waals surface area contributed by atoms with Crippen molar-refractivity contribution in [2.24, 2.45) is 5.73 Å². The van der Waals surface area contributed by atoms with E-state index in [0.717, 1.165) is 22.0 Å². The van der Waals surface area contributed by atoms with E-state index < -0.39 is 6.04 Å². The van der Waals surface area contributed by atoms with E-state index in [1.807, 2.05) is 36.6 Å². The van der Waals surface area contributed by atoms with Gasteiger partial charge in [0.1, 0.15) is 10.8 Å². The van der Waals surface area contributed by atoms with Crippen molar-refractivity contribution >= 4 is 11.3 Å². The number of aromatic nitrogens is 1. The molecule has 96 valence electrons. The van der Waals surface area contributed by atoms with Crippen molar-refractivity contribution in [2.75, 3.05) is 13.2 Å². The Morgan fingerprint density at radius 2 is 2.11 bits per heavy atom. The second-order valence-corrected chi connectivity index (χ2v) is 4.71. The predicted octanol–water partition coefficient (Wildman–Crippen LogP) is 2.20. The van der Waals surface area contributed by atoms with E-state index in [9.17, 15) is 0 Å². The number of hydrogen-bond acceptors (Lipinski definition) is 5. The van der Waals surface area contributed by atoms with Gasteiger partial charge in [0.2, 0.25) is 0 Å². The van der Waals surface area contributed by atoms with E-state index in [0.29, 0.717) is 6.61 Å². The molecule has 2 aromatic rings. The van der Waals surface area contributed by atoms with Crippen LogP contribution in [-0.4, -0.2) is 23.3 Å². The smallest absolute Gasteiger partial charge is 0.119 e. The van der Waals surface area contributed by atoms with Gasteiger partial charge in [-0.15, -0.1) is 11.3 Å². The van der Waals surface area contributed by atoms with Crippen molar-refractivity contribution in [3.63, 3.8) is 0 Å². The van der Waals surface area contributed by atoms with Crippen LogP contribution in [0.2, 0.25) is 0 Å². The highest BCUT2D eigenvalue weighted by Crippen LogP contribution is 2.26. The molecule has 0 bridgehead atoms. The molecule has 4 nitrogen and oxygen atoms in total. The molecule has 3 N–H and O–H groups in total. The van der Waals surface area contributed by atoms with Gasteiger partial charge in [0, 0.05) is 10.9 Å². The lowest BCUT2D eigenvalue weighted by Gasteiger charge is -2.04. The molecule has 1 unspecified atom stereocenters. The highest BCUT2D eigenvalue weighted by Gasteiger charge is 2.10. The van der Waals surface area contributed by atoms with Crippen molar-refractivity contribution in [2.45, 2.75) is 13.0 Å². The molecule has 0 saturated heterocycles. The summed E-state index contributed by atoms with van der Waals surface area (Å²) in [5, 5.41) is 11.7. The SMILES string of the molecule is CCOc1ccc(-c2csc(C(N)CO)n2)cc1. The quantitative estimate of drug-likeness (QED) is 0.868. The van der Waals surface area contributed by atoms with Gasteiger partial charge in [-0.2, -0.15) is 0 Å². The van der Waals surface area contributed by atoms with Crippen LogP contribution < -0.4 is 10.5 Å². The molecule has 18 heavy (non-hydrogen) atoms. The van der Waals surface area contributed by atoms with E-state index >= 15 is 0 Å².